The summed E-state index contributed by atoms with van der Waals surface area (Å²) in [5.74, 6) is -2.95. The Bertz CT molecular complexity index is 1020. The average Bonchev–Trinajstić information content (AvgIpc) is 3.54. The fourth-order valence-corrected chi connectivity index (χ4v) is 2.57. The Hall–Kier alpha value is -3.63. The number of nitrogens with zero attached hydrogens (tertiary/aromatic N) is 3. The van der Waals surface area contributed by atoms with E-state index in [2.05, 4.69) is 30.9 Å². The Morgan fingerprint density at radius 2 is 2.10 bits per heavy atom. The van der Waals surface area contributed by atoms with Crippen LogP contribution in [0.4, 0.5) is 24.9 Å². The number of allylic oxidation sites excluding steroid dienone is 1. The molecule has 3 rings (SSSR count). The molecule has 1 aromatic carbocycles. The zero-order valence-corrected chi connectivity index (χ0v) is 16.8. The van der Waals surface area contributed by atoms with E-state index in [4.69, 9.17) is 5.73 Å². The van der Waals surface area contributed by atoms with Crippen molar-refractivity contribution in [1.82, 2.24) is 15.3 Å². The van der Waals surface area contributed by atoms with Crippen LogP contribution in [0.15, 0.2) is 35.2 Å². The molecule has 1 aromatic heterocycles. The van der Waals surface area contributed by atoms with Crippen molar-refractivity contribution in [2.24, 2.45) is 10.7 Å². The van der Waals surface area contributed by atoms with Crippen molar-refractivity contribution in [1.29, 1.82) is 0 Å². The van der Waals surface area contributed by atoms with Crippen molar-refractivity contribution >= 4 is 23.9 Å². The van der Waals surface area contributed by atoms with E-state index in [-0.39, 0.29) is 36.6 Å². The molecule has 0 aliphatic heterocycles. The molecule has 0 saturated heterocycles. The first-order valence-corrected chi connectivity index (χ1v) is 9.54. The zero-order chi connectivity index (χ0) is 22.4. The lowest BCUT2D eigenvalue weighted by molar-refractivity contribution is -0.119. The topological polar surface area (TPSA) is 117 Å². The Morgan fingerprint density at radius 3 is 2.81 bits per heavy atom. The number of benzene rings is 1. The highest BCUT2D eigenvalue weighted by molar-refractivity contribution is 5.85. The molecule has 11 heteroatoms. The molecule has 1 amide bonds. The van der Waals surface area contributed by atoms with Crippen LogP contribution in [0.5, 0.6) is 0 Å². The van der Waals surface area contributed by atoms with Crippen molar-refractivity contribution in [3.63, 3.8) is 0 Å². The van der Waals surface area contributed by atoms with Crippen molar-refractivity contribution in [2.75, 3.05) is 17.2 Å². The number of hydrogen-bond acceptors (Lipinski definition) is 7. The van der Waals surface area contributed by atoms with Gasteiger partial charge in [0.2, 0.25) is 11.9 Å². The minimum absolute atomic E-state index is 0.0349. The molecule has 1 fully saturated rings. The Morgan fingerprint density at radius 1 is 1.32 bits per heavy atom. The van der Waals surface area contributed by atoms with Crippen LogP contribution in [-0.4, -0.2) is 34.7 Å². The van der Waals surface area contributed by atoms with Gasteiger partial charge in [-0.25, -0.2) is 18.2 Å². The van der Waals surface area contributed by atoms with Gasteiger partial charge in [0.05, 0.1) is 5.70 Å². The summed E-state index contributed by atoms with van der Waals surface area (Å²) in [5.41, 5.74) is 6.38. The van der Waals surface area contributed by atoms with Gasteiger partial charge in [-0.3, -0.25) is 9.79 Å². The number of rotatable bonds is 9. The summed E-state index contributed by atoms with van der Waals surface area (Å²) in [7, 11) is 0. The van der Waals surface area contributed by atoms with Gasteiger partial charge in [-0.15, -0.1) is 0 Å². The maximum atomic E-state index is 13.8. The predicted octanol–water partition coefficient (Wildman–Crippen LogP) is 2.38. The smallest absolute Gasteiger partial charge is 0.241 e. The van der Waals surface area contributed by atoms with Gasteiger partial charge in [-0.1, -0.05) is 0 Å². The van der Waals surface area contributed by atoms with Crippen molar-refractivity contribution in [3.05, 3.63) is 58.8 Å². The summed E-state index contributed by atoms with van der Waals surface area (Å²) < 4.78 is 40.6. The number of aromatic nitrogens is 2. The second kappa shape index (κ2) is 9.92. The summed E-state index contributed by atoms with van der Waals surface area (Å²) in [6, 6.07) is 1.65. The molecule has 31 heavy (non-hydrogen) atoms. The fraction of sp³-hybridized carbons (Fsp3) is 0.300. The molecule has 2 aromatic rings. The highest BCUT2D eigenvalue weighted by Gasteiger charge is 2.22. The molecular weight excluding hydrogens is 411 g/mol. The van der Waals surface area contributed by atoms with E-state index in [1.165, 1.54) is 18.6 Å². The number of halogens is 3. The van der Waals surface area contributed by atoms with E-state index in [1.807, 2.05) is 0 Å². The van der Waals surface area contributed by atoms with Crippen LogP contribution >= 0.6 is 0 Å². The Balaban J connectivity index is 1.62. The second-order valence-electron chi connectivity index (χ2n) is 7.00. The molecule has 0 spiro atoms. The monoisotopic (exact) mass is 433 g/mol. The van der Waals surface area contributed by atoms with E-state index >= 15 is 0 Å². The van der Waals surface area contributed by atoms with Crippen LogP contribution in [0.25, 0.3) is 0 Å². The molecule has 1 heterocycles. The van der Waals surface area contributed by atoms with E-state index < -0.39 is 17.5 Å². The number of nitrogens with one attached hydrogen (secondary N) is 3. The molecular formula is C20H22F3N7O. The SMILES string of the molecule is Cc1cnc(NC(C=NCC(=O)NC2CC2)=CN)nc1NCc1cc(F)cc(F)c1F. The summed E-state index contributed by atoms with van der Waals surface area (Å²) >= 11 is 0. The maximum absolute atomic E-state index is 13.8. The highest BCUT2D eigenvalue weighted by Crippen LogP contribution is 2.19. The van der Waals surface area contributed by atoms with E-state index in [0.29, 0.717) is 23.1 Å². The standard InChI is InChI=1S/C20H22F3N7O/c1-11-7-27-20(29-15(6-24)9-25-10-17(31)28-14-2-3-14)30-19(11)26-8-12-4-13(21)5-16(22)18(12)23/h4-7,9,14H,2-3,8,10,24H2,1H3,(H,28,31)(H2,26,27,29,30). The molecule has 8 nitrogen and oxygen atoms in total. The van der Waals surface area contributed by atoms with Gasteiger partial charge < -0.3 is 21.7 Å². The van der Waals surface area contributed by atoms with Gasteiger partial charge in [-0.05, 0) is 25.8 Å². The molecule has 1 aliphatic carbocycles. The van der Waals surface area contributed by atoms with Crippen molar-refractivity contribution < 1.29 is 18.0 Å². The zero-order valence-electron chi connectivity index (χ0n) is 16.8. The van der Waals surface area contributed by atoms with E-state index in [0.717, 1.165) is 18.9 Å². The number of carbonyl (C=O) groups excluding carboxylic acids is 1. The number of aryl methyl sites for hydroxylation is 1. The van der Waals surface area contributed by atoms with Crippen molar-refractivity contribution in [3.8, 4) is 0 Å². The van der Waals surface area contributed by atoms with Gasteiger partial charge in [0.25, 0.3) is 0 Å². The lowest BCUT2D eigenvalue weighted by atomic mass is 10.2. The first-order chi connectivity index (χ1) is 14.9. The summed E-state index contributed by atoms with van der Waals surface area (Å²) in [4.78, 5) is 24.1. The second-order valence-corrected chi connectivity index (χ2v) is 7.00. The van der Waals surface area contributed by atoms with Crippen LogP contribution in [0.2, 0.25) is 0 Å². The number of aliphatic imine (C=N–C) groups is 1. The molecule has 0 radical (unpaired) electrons. The summed E-state index contributed by atoms with van der Waals surface area (Å²) in [6.45, 7) is 1.50. The lowest BCUT2D eigenvalue weighted by Crippen LogP contribution is -2.27. The van der Waals surface area contributed by atoms with Crippen LogP contribution in [0.3, 0.4) is 0 Å². The van der Waals surface area contributed by atoms with E-state index in [1.54, 1.807) is 6.92 Å². The van der Waals surface area contributed by atoms with Gasteiger partial charge in [-0.2, -0.15) is 4.98 Å². The number of anilines is 2. The minimum Gasteiger partial charge on any atom is -0.403 e. The van der Waals surface area contributed by atoms with Gasteiger partial charge in [0.1, 0.15) is 18.2 Å². The van der Waals surface area contributed by atoms with Gasteiger partial charge >= 0.3 is 0 Å². The molecule has 0 atom stereocenters. The molecule has 1 aliphatic rings. The Labute approximate surface area is 176 Å². The van der Waals surface area contributed by atoms with Crippen LogP contribution < -0.4 is 21.7 Å². The van der Waals surface area contributed by atoms with Crippen LogP contribution in [0, 0.1) is 24.4 Å². The molecule has 164 valence electrons. The third kappa shape index (κ3) is 6.43. The quantitative estimate of drug-likeness (QED) is 0.356. The average molecular weight is 433 g/mol. The molecule has 0 unspecified atom stereocenters. The number of carbonyl (C=O) groups is 1. The summed E-state index contributed by atoms with van der Waals surface area (Å²) in [6.07, 6.45) is 6.12. The number of hydrogen-bond donors (Lipinski definition) is 4. The largest absolute Gasteiger partial charge is 0.403 e. The lowest BCUT2D eigenvalue weighted by Gasteiger charge is -2.12. The third-order valence-corrected chi connectivity index (χ3v) is 4.33. The fourth-order valence-electron chi connectivity index (χ4n) is 2.57. The molecule has 1 saturated carbocycles. The third-order valence-electron chi connectivity index (χ3n) is 4.33. The summed E-state index contributed by atoms with van der Waals surface area (Å²) in [5, 5.41) is 8.50. The van der Waals surface area contributed by atoms with Gasteiger partial charge in [0.15, 0.2) is 11.6 Å². The molecule has 5 N–H and O–H groups in total. The van der Waals surface area contributed by atoms with Gasteiger partial charge in [0, 0.05) is 48.4 Å². The van der Waals surface area contributed by atoms with Crippen LogP contribution in [0.1, 0.15) is 24.0 Å². The first kappa shape index (κ1) is 22.1. The number of nitrogens with two attached hydrogens (primary N) is 1. The maximum Gasteiger partial charge on any atom is 0.241 e. The highest BCUT2D eigenvalue weighted by atomic mass is 19.2. The Kier molecular flexibility index (Phi) is 7.06. The van der Waals surface area contributed by atoms with E-state index in [9.17, 15) is 18.0 Å². The molecule has 0 bridgehead atoms. The van der Waals surface area contributed by atoms with Crippen LogP contribution in [-0.2, 0) is 11.3 Å². The predicted molar refractivity (Wildman–Crippen MR) is 111 cm³/mol. The minimum atomic E-state index is -1.26. The number of amides is 1. The van der Waals surface area contributed by atoms with Crippen molar-refractivity contribution in [2.45, 2.75) is 32.4 Å². The normalized spacial score (nSPS) is 14.0. The first-order valence-electron chi connectivity index (χ1n) is 9.54.